The van der Waals surface area contributed by atoms with Gasteiger partial charge in [0, 0.05) is 26.0 Å². The summed E-state index contributed by atoms with van der Waals surface area (Å²) >= 11 is 3.71. The molecular formula is C11H23N5OS2. The molecule has 8 heteroatoms. The molecule has 6 nitrogen and oxygen atoms in total. The Balaban J connectivity index is 2.15. The maximum absolute atomic E-state index is 4.97. The van der Waals surface area contributed by atoms with Crippen LogP contribution in [0.1, 0.15) is 13.3 Å². The van der Waals surface area contributed by atoms with Crippen molar-refractivity contribution in [2.45, 2.75) is 25.0 Å². The average molecular weight is 305 g/mol. The van der Waals surface area contributed by atoms with Gasteiger partial charge in [-0.2, -0.15) is 11.8 Å². The van der Waals surface area contributed by atoms with Crippen molar-refractivity contribution in [3.63, 3.8) is 0 Å². The minimum atomic E-state index is 0.728. The molecule has 0 saturated carbocycles. The van der Waals surface area contributed by atoms with E-state index in [1.165, 1.54) is 17.9 Å². The third kappa shape index (κ3) is 7.76. The summed E-state index contributed by atoms with van der Waals surface area (Å²) in [7, 11) is 1.70. The molecule has 0 spiro atoms. The maximum Gasteiger partial charge on any atom is 0.209 e. The number of hydrogen-bond donors (Lipinski definition) is 1. The Hall–Kier alpha value is -0.310. The van der Waals surface area contributed by atoms with E-state index in [1.807, 2.05) is 16.4 Å². The third-order valence-electron chi connectivity index (χ3n) is 2.35. The first kappa shape index (κ1) is 16.7. The molecule has 1 aromatic rings. The maximum atomic E-state index is 4.97. The fourth-order valence-corrected chi connectivity index (χ4v) is 3.06. The number of tetrazole rings is 1. The molecule has 0 radical (unpaired) electrons. The summed E-state index contributed by atoms with van der Waals surface area (Å²) in [6.07, 6.45) is 1.20. The summed E-state index contributed by atoms with van der Waals surface area (Å²) in [4.78, 5) is 0. The van der Waals surface area contributed by atoms with Gasteiger partial charge < -0.3 is 10.1 Å². The zero-order valence-electron chi connectivity index (χ0n) is 11.7. The van der Waals surface area contributed by atoms with Crippen LogP contribution in [0.15, 0.2) is 5.16 Å². The van der Waals surface area contributed by atoms with E-state index in [2.05, 4.69) is 27.8 Å². The molecule has 0 aliphatic heterocycles. The van der Waals surface area contributed by atoms with Gasteiger partial charge in [-0.3, -0.25) is 0 Å². The van der Waals surface area contributed by atoms with Crippen LogP contribution in [0, 0.1) is 0 Å². The average Bonchev–Trinajstić information content (AvgIpc) is 2.86. The molecule has 0 saturated heterocycles. The Kier molecular flexibility index (Phi) is 10.1. The van der Waals surface area contributed by atoms with Crippen molar-refractivity contribution in [2.24, 2.45) is 0 Å². The predicted octanol–water partition coefficient (Wildman–Crippen LogP) is 1.14. The molecule has 0 atom stereocenters. The van der Waals surface area contributed by atoms with E-state index in [0.29, 0.717) is 0 Å². The second-order valence-electron chi connectivity index (χ2n) is 3.83. The number of nitrogens with one attached hydrogen (secondary N) is 1. The number of rotatable bonds is 12. The second-order valence-corrected chi connectivity index (χ2v) is 6.28. The lowest BCUT2D eigenvalue weighted by molar-refractivity contribution is 0.199. The highest BCUT2D eigenvalue weighted by molar-refractivity contribution is 8.00. The zero-order chi connectivity index (χ0) is 13.8. The number of hydrogen-bond acceptors (Lipinski definition) is 7. The highest BCUT2D eigenvalue weighted by Gasteiger charge is 2.05. The van der Waals surface area contributed by atoms with Gasteiger partial charge in [0.05, 0.1) is 13.2 Å². The van der Waals surface area contributed by atoms with E-state index in [0.717, 1.165) is 37.2 Å². The van der Waals surface area contributed by atoms with E-state index in [-0.39, 0.29) is 0 Å². The number of nitrogens with zero attached hydrogens (tertiary/aromatic N) is 4. The van der Waals surface area contributed by atoms with E-state index in [9.17, 15) is 0 Å². The highest BCUT2D eigenvalue weighted by Crippen LogP contribution is 2.15. The Morgan fingerprint density at radius 1 is 1.32 bits per heavy atom. The summed E-state index contributed by atoms with van der Waals surface area (Å²) < 4.78 is 6.83. The summed E-state index contributed by atoms with van der Waals surface area (Å²) in [5, 5.41) is 16.0. The molecule has 0 aromatic carbocycles. The van der Waals surface area contributed by atoms with Crippen LogP contribution < -0.4 is 5.32 Å². The first-order valence-corrected chi connectivity index (χ1v) is 8.69. The highest BCUT2D eigenvalue weighted by atomic mass is 32.2. The molecule has 0 amide bonds. The molecule has 1 aromatic heterocycles. The minimum absolute atomic E-state index is 0.728. The van der Waals surface area contributed by atoms with Gasteiger partial charge >= 0.3 is 0 Å². The molecule has 1 N–H and O–H groups in total. The first-order chi connectivity index (χ1) is 9.38. The van der Waals surface area contributed by atoms with Crippen LogP contribution in [0.5, 0.6) is 0 Å². The normalized spacial score (nSPS) is 11.1. The minimum Gasteiger partial charge on any atom is -0.383 e. The Morgan fingerprint density at radius 2 is 2.21 bits per heavy atom. The summed E-state index contributed by atoms with van der Waals surface area (Å²) in [6, 6.07) is 0. The Labute approximate surface area is 123 Å². The summed E-state index contributed by atoms with van der Waals surface area (Å²) in [6.45, 7) is 5.42. The molecule has 19 heavy (non-hydrogen) atoms. The van der Waals surface area contributed by atoms with Gasteiger partial charge in [0.1, 0.15) is 0 Å². The van der Waals surface area contributed by atoms with Crippen LogP contribution in [0.25, 0.3) is 0 Å². The van der Waals surface area contributed by atoms with Crippen molar-refractivity contribution in [1.29, 1.82) is 0 Å². The standard InChI is InChI=1S/C11H23N5OS2/c1-3-18-9-4-10-19-11-13-14-15-16(11)7-5-12-6-8-17-2/h12H,3-10H2,1-2H3. The van der Waals surface area contributed by atoms with E-state index in [1.54, 1.807) is 18.9 Å². The van der Waals surface area contributed by atoms with Crippen molar-refractivity contribution < 1.29 is 4.74 Å². The topological polar surface area (TPSA) is 64.9 Å². The van der Waals surface area contributed by atoms with Gasteiger partial charge in [0.25, 0.3) is 0 Å². The van der Waals surface area contributed by atoms with Crippen LogP contribution in [-0.4, -0.2) is 64.3 Å². The Morgan fingerprint density at radius 3 is 3.00 bits per heavy atom. The van der Waals surface area contributed by atoms with E-state index in [4.69, 9.17) is 4.74 Å². The van der Waals surface area contributed by atoms with E-state index < -0.39 is 0 Å². The fraction of sp³-hybridized carbons (Fsp3) is 0.909. The van der Waals surface area contributed by atoms with Gasteiger partial charge in [-0.05, 0) is 28.4 Å². The van der Waals surface area contributed by atoms with Crippen molar-refractivity contribution in [2.75, 3.05) is 44.1 Å². The molecule has 0 aliphatic rings. The second kappa shape index (κ2) is 11.5. The van der Waals surface area contributed by atoms with Gasteiger partial charge in [0.2, 0.25) is 5.16 Å². The summed E-state index contributed by atoms with van der Waals surface area (Å²) in [5.41, 5.74) is 0. The molecule has 110 valence electrons. The Bertz CT molecular complexity index is 295. The first-order valence-electron chi connectivity index (χ1n) is 6.54. The van der Waals surface area contributed by atoms with Gasteiger partial charge in [-0.25, -0.2) is 4.68 Å². The molecule has 0 aliphatic carbocycles. The van der Waals surface area contributed by atoms with Crippen LogP contribution in [0.2, 0.25) is 0 Å². The van der Waals surface area contributed by atoms with Crippen LogP contribution in [0.4, 0.5) is 0 Å². The SMILES string of the molecule is CCSCCCSc1nnnn1CCNCCOC. The molecule has 0 bridgehead atoms. The van der Waals surface area contributed by atoms with Gasteiger partial charge in [-0.1, -0.05) is 18.7 Å². The van der Waals surface area contributed by atoms with Crippen LogP contribution in [0.3, 0.4) is 0 Å². The fourth-order valence-electron chi connectivity index (χ4n) is 1.39. The smallest absolute Gasteiger partial charge is 0.209 e. The van der Waals surface area contributed by atoms with Crippen LogP contribution >= 0.6 is 23.5 Å². The quantitative estimate of drug-likeness (QED) is 0.459. The van der Waals surface area contributed by atoms with Crippen molar-refractivity contribution in [1.82, 2.24) is 25.5 Å². The largest absolute Gasteiger partial charge is 0.383 e. The summed E-state index contributed by atoms with van der Waals surface area (Å²) in [5.74, 6) is 3.48. The lowest BCUT2D eigenvalue weighted by Crippen LogP contribution is -2.24. The number of ether oxygens (including phenoxy) is 1. The monoisotopic (exact) mass is 305 g/mol. The molecular weight excluding hydrogens is 282 g/mol. The van der Waals surface area contributed by atoms with Crippen molar-refractivity contribution >= 4 is 23.5 Å². The zero-order valence-corrected chi connectivity index (χ0v) is 13.3. The van der Waals surface area contributed by atoms with Crippen molar-refractivity contribution in [3.05, 3.63) is 0 Å². The van der Waals surface area contributed by atoms with Crippen LogP contribution in [-0.2, 0) is 11.3 Å². The molecule has 0 fully saturated rings. The number of thioether (sulfide) groups is 2. The third-order valence-corrected chi connectivity index (χ3v) is 4.38. The molecule has 1 rings (SSSR count). The number of aromatic nitrogens is 4. The lowest BCUT2D eigenvalue weighted by Gasteiger charge is -2.05. The lowest BCUT2D eigenvalue weighted by atomic mass is 10.6. The van der Waals surface area contributed by atoms with Gasteiger partial charge in [0.15, 0.2) is 0 Å². The number of methoxy groups -OCH3 is 1. The van der Waals surface area contributed by atoms with E-state index >= 15 is 0 Å². The van der Waals surface area contributed by atoms with Gasteiger partial charge in [-0.15, -0.1) is 5.10 Å². The van der Waals surface area contributed by atoms with Crippen molar-refractivity contribution in [3.8, 4) is 0 Å². The predicted molar refractivity (Wildman–Crippen MR) is 80.9 cm³/mol. The molecule has 1 heterocycles. The molecule has 0 unspecified atom stereocenters.